The molecule has 0 radical (unpaired) electrons. The summed E-state index contributed by atoms with van der Waals surface area (Å²) < 4.78 is 0. The van der Waals surface area contributed by atoms with Gasteiger partial charge in [0, 0.05) is 0 Å². The van der Waals surface area contributed by atoms with Crippen molar-refractivity contribution in [3.8, 4) is 11.1 Å². The second-order valence-electron chi connectivity index (χ2n) is 15.3. The molecule has 0 bridgehead atoms. The fourth-order valence-corrected chi connectivity index (χ4v) is 13.0. The van der Waals surface area contributed by atoms with Crippen LogP contribution in [0.3, 0.4) is 0 Å². The van der Waals surface area contributed by atoms with Gasteiger partial charge < -0.3 is 10.7 Å². The van der Waals surface area contributed by atoms with Gasteiger partial charge in [-0.05, 0) is 98.4 Å². The normalized spacial score (nSPS) is 11.7. The fraction of sp³-hybridized carbons (Fsp3) is 0.0727. The number of imidazole rings is 1. The summed E-state index contributed by atoms with van der Waals surface area (Å²) in [4.78, 5) is 7.69. The molecule has 3 N–H and O–H groups in total. The largest absolute Gasteiger partial charge is 0.0622 e. The van der Waals surface area contributed by atoms with Crippen LogP contribution in [-0.4, -0.2) is 9.97 Å². The molecular weight excluding hydrogens is 937 g/mol. The molecule has 1 atom stereocenters. The van der Waals surface area contributed by atoms with Crippen molar-refractivity contribution in [3.63, 3.8) is 0 Å². The summed E-state index contributed by atoms with van der Waals surface area (Å²) >= 11 is -0.346. The second kappa shape index (κ2) is 21.6. The molecule has 9 aromatic carbocycles. The van der Waals surface area contributed by atoms with Gasteiger partial charge in [-0.1, -0.05) is 220 Å². The van der Waals surface area contributed by atoms with Crippen molar-refractivity contribution >= 4 is 99.6 Å². The number of hydrogen-bond acceptors (Lipinski definition) is 2. The molecule has 0 saturated carbocycles. The SMILES string of the molecule is CC(C)[C@@H](N)c1nc2ccccc2[nH]1.[Cl][Ru][Cl].c1ccc(P(c2ccccc2)c2ccc3ccccc3c2-c2c(P(c3ccccc3)c3ccccc3)ccc3ccccc23)cc1. The zero-order chi connectivity index (χ0) is 43.5. The first-order valence-corrected chi connectivity index (χ1v) is 28.0. The fourth-order valence-electron chi connectivity index (χ4n) is 8.03. The van der Waals surface area contributed by atoms with Gasteiger partial charge in [-0.25, -0.2) is 4.98 Å². The van der Waals surface area contributed by atoms with Crippen LogP contribution in [0.1, 0.15) is 25.7 Å². The van der Waals surface area contributed by atoms with Crippen molar-refractivity contribution in [2.75, 3.05) is 0 Å². The number of nitrogens with zero attached hydrogens (tertiary/aromatic N) is 1. The summed E-state index contributed by atoms with van der Waals surface area (Å²) in [5.74, 6) is 1.27. The van der Waals surface area contributed by atoms with Crippen LogP contribution in [-0.2, 0) is 15.1 Å². The van der Waals surface area contributed by atoms with Crippen molar-refractivity contribution in [2.24, 2.45) is 11.7 Å². The van der Waals surface area contributed by atoms with Crippen molar-refractivity contribution in [3.05, 3.63) is 224 Å². The average Bonchev–Trinajstić information content (AvgIpc) is 3.78. The minimum absolute atomic E-state index is 0.0117. The minimum atomic E-state index is -0.852. The summed E-state index contributed by atoms with van der Waals surface area (Å²) in [6, 6.07) is 79.8. The number of nitrogens with two attached hydrogens (primary N) is 1. The van der Waals surface area contributed by atoms with E-state index in [0.29, 0.717) is 5.92 Å². The monoisotopic (exact) mass is 983 g/mol. The van der Waals surface area contributed by atoms with Crippen LogP contribution in [0.5, 0.6) is 0 Å². The number of H-pyrrole nitrogens is 1. The topological polar surface area (TPSA) is 54.7 Å². The number of aromatic amines is 1. The van der Waals surface area contributed by atoms with E-state index in [2.05, 4.69) is 218 Å². The number of aromatic nitrogens is 2. The third-order valence-corrected chi connectivity index (χ3v) is 16.0. The Bertz CT molecular complexity index is 2750. The number of fused-ring (bicyclic) bond motifs is 3. The molecular formula is C55H47Cl2N3P2Ru. The first kappa shape index (κ1) is 44.6. The number of hydrogen-bond donors (Lipinski definition) is 2. The quantitative estimate of drug-likeness (QED) is 0.112. The smallest absolute Gasteiger partial charge is 0.000884 e. The van der Waals surface area contributed by atoms with Crippen LogP contribution in [0.15, 0.2) is 218 Å². The molecule has 0 aliphatic carbocycles. The van der Waals surface area contributed by atoms with E-state index in [1.54, 1.807) is 0 Å². The van der Waals surface area contributed by atoms with Crippen molar-refractivity contribution in [2.45, 2.75) is 19.9 Å². The number of nitrogens with one attached hydrogen (secondary N) is 1. The molecule has 0 aliphatic heterocycles. The van der Waals surface area contributed by atoms with E-state index < -0.39 is 15.8 Å². The molecule has 8 heteroatoms. The second-order valence-corrected chi connectivity index (χ2v) is 22.3. The number of halogens is 2. The Morgan fingerprint density at radius 2 is 0.810 bits per heavy atom. The number of benzene rings is 9. The zero-order valence-electron chi connectivity index (χ0n) is 35.0. The summed E-state index contributed by atoms with van der Waals surface area (Å²) in [7, 11) is 8.00. The minimum Gasteiger partial charge on any atom is -0.0622 e. The van der Waals surface area contributed by atoms with E-state index >= 15 is 0 Å². The Hall–Kier alpha value is -5.01. The van der Waals surface area contributed by atoms with Crippen LogP contribution >= 0.6 is 35.2 Å². The van der Waals surface area contributed by atoms with Crippen molar-refractivity contribution in [1.82, 2.24) is 9.97 Å². The molecule has 0 saturated heterocycles. The van der Waals surface area contributed by atoms with Crippen molar-refractivity contribution in [1.29, 1.82) is 0 Å². The Morgan fingerprint density at radius 3 is 1.19 bits per heavy atom. The van der Waals surface area contributed by atoms with Gasteiger partial charge in [0.25, 0.3) is 0 Å². The molecule has 1 aromatic heterocycles. The van der Waals surface area contributed by atoms with Gasteiger partial charge >= 0.3 is 34.5 Å². The summed E-state index contributed by atoms with van der Waals surface area (Å²) in [5, 5.41) is 13.3. The molecule has 314 valence electrons. The van der Waals surface area contributed by atoms with E-state index in [9.17, 15) is 0 Å². The first-order chi connectivity index (χ1) is 31.0. The van der Waals surface area contributed by atoms with Gasteiger partial charge in [0.15, 0.2) is 0 Å². The molecule has 63 heavy (non-hydrogen) atoms. The Labute approximate surface area is 388 Å². The molecule has 3 nitrogen and oxygen atoms in total. The third kappa shape index (κ3) is 10.2. The Balaban J connectivity index is 0.000000269. The van der Waals surface area contributed by atoms with Gasteiger partial charge in [0.2, 0.25) is 0 Å². The van der Waals surface area contributed by atoms with Crippen LogP contribution < -0.4 is 37.6 Å². The molecule has 10 aromatic rings. The molecule has 0 unspecified atom stereocenters. The van der Waals surface area contributed by atoms with Gasteiger partial charge in [-0.15, -0.1) is 0 Å². The maximum Gasteiger partial charge on any atom is -0.000884 e. The third-order valence-electron chi connectivity index (χ3n) is 11.0. The average molecular weight is 984 g/mol. The predicted octanol–water partition coefficient (Wildman–Crippen LogP) is 12.8. The van der Waals surface area contributed by atoms with Crippen LogP contribution in [0.25, 0.3) is 43.7 Å². The number of rotatable bonds is 9. The standard InChI is InChI=1S/C44H32P2.C11H15N3.2ClH.Ru/c1-5-19-35(20-6-1)45(36-21-7-2-8-22-36)41-31-29-33-17-13-15-27-39(33)43(41)44-40-28-16-14-18-34(40)30-32-42(44)46(37-23-9-3-10-24-37)38-25-11-4-12-26-38;1-7(2)10(12)11-13-8-5-3-4-6-9(8)14-11;;;/h1-32H;3-7,10H,12H2,1-2H3,(H,13,14);2*1H;/q;;;;+2/p-2/t;10-;;;/m.1.../s1. The van der Waals surface area contributed by atoms with E-state index in [4.69, 9.17) is 25.1 Å². The number of para-hydroxylation sites is 2. The van der Waals surface area contributed by atoms with Crippen LogP contribution in [0, 0.1) is 5.92 Å². The Kier molecular flexibility index (Phi) is 15.3. The summed E-state index contributed by atoms with van der Waals surface area (Å²) in [6.07, 6.45) is 0. The molecule has 0 aliphatic rings. The van der Waals surface area contributed by atoms with E-state index in [-0.39, 0.29) is 21.2 Å². The van der Waals surface area contributed by atoms with E-state index in [0.717, 1.165) is 16.9 Å². The van der Waals surface area contributed by atoms with E-state index in [1.807, 2.05) is 24.3 Å². The molecule has 10 rings (SSSR count). The molecule has 0 amide bonds. The van der Waals surface area contributed by atoms with Gasteiger partial charge in [-0.3, -0.25) is 0 Å². The maximum absolute atomic E-state index is 6.01. The predicted molar refractivity (Wildman–Crippen MR) is 274 cm³/mol. The van der Waals surface area contributed by atoms with E-state index in [1.165, 1.54) is 64.5 Å². The van der Waals surface area contributed by atoms with Gasteiger partial charge in [0.1, 0.15) is 5.82 Å². The van der Waals surface area contributed by atoms with Gasteiger partial charge in [0.05, 0.1) is 17.1 Å². The molecule has 1 heterocycles. The zero-order valence-corrected chi connectivity index (χ0v) is 40.0. The van der Waals surface area contributed by atoms with Crippen LogP contribution in [0.4, 0.5) is 0 Å². The van der Waals surface area contributed by atoms with Crippen molar-refractivity contribution < 1.29 is 15.1 Å². The van der Waals surface area contributed by atoms with Gasteiger partial charge in [-0.2, -0.15) is 0 Å². The Morgan fingerprint density at radius 1 is 0.460 bits per heavy atom. The summed E-state index contributed by atoms with van der Waals surface area (Å²) in [5.41, 5.74) is 10.7. The molecule has 0 fully saturated rings. The maximum atomic E-state index is 6.01. The first-order valence-electron chi connectivity index (χ1n) is 20.9. The molecule has 0 spiro atoms. The van der Waals surface area contributed by atoms with Crippen LogP contribution in [0.2, 0.25) is 0 Å². The summed E-state index contributed by atoms with van der Waals surface area (Å²) in [6.45, 7) is 4.19.